The van der Waals surface area contributed by atoms with Gasteiger partial charge in [0.2, 0.25) is 0 Å². The zero-order valence-corrected chi connectivity index (χ0v) is 9.23. The molecule has 1 aliphatic rings. The summed E-state index contributed by atoms with van der Waals surface area (Å²) in [6.45, 7) is 6.37. The van der Waals surface area contributed by atoms with Gasteiger partial charge in [-0.15, -0.1) is 0 Å². The van der Waals surface area contributed by atoms with E-state index in [4.69, 9.17) is 10.5 Å². The number of aryl methyl sites for hydroxylation is 1. The second-order valence-electron chi connectivity index (χ2n) is 4.06. The predicted octanol–water partition coefficient (Wildman–Crippen LogP) is 0.271. The van der Waals surface area contributed by atoms with E-state index in [-0.39, 0.29) is 0 Å². The minimum atomic E-state index is 0.315. The average molecular weight is 210 g/mol. The van der Waals surface area contributed by atoms with E-state index in [9.17, 15) is 0 Å². The molecule has 1 aliphatic heterocycles. The Balaban J connectivity index is 2.21. The highest BCUT2D eigenvalue weighted by atomic mass is 16.5. The van der Waals surface area contributed by atoms with Crippen LogP contribution in [-0.4, -0.2) is 42.0 Å². The van der Waals surface area contributed by atoms with E-state index in [1.807, 2.05) is 13.1 Å². The molecule has 2 heterocycles. The van der Waals surface area contributed by atoms with Gasteiger partial charge in [-0.1, -0.05) is 0 Å². The third-order valence-corrected chi connectivity index (χ3v) is 2.91. The lowest BCUT2D eigenvalue weighted by Gasteiger charge is -2.42. The highest BCUT2D eigenvalue weighted by Gasteiger charge is 2.30. The Morgan fingerprint density at radius 2 is 2.47 bits per heavy atom. The van der Waals surface area contributed by atoms with Crippen molar-refractivity contribution in [3.05, 3.63) is 11.9 Å². The van der Waals surface area contributed by atoms with E-state index in [1.54, 1.807) is 0 Å². The van der Waals surface area contributed by atoms with Crippen LogP contribution in [-0.2, 0) is 4.74 Å². The Morgan fingerprint density at radius 1 is 1.73 bits per heavy atom. The highest BCUT2D eigenvalue weighted by Crippen LogP contribution is 2.25. The lowest BCUT2D eigenvalue weighted by molar-refractivity contribution is 0.00547. The van der Waals surface area contributed by atoms with Gasteiger partial charge in [-0.05, 0) is 13.8 Å². The summed E-state index contributed by atoms with van der Waals surface area (Å²) in [5, 5.41) is 7.01. The Bertz CT molecular complexity index is 316. The van der Waals surface area contributed by atoms with Crippen molar-refractivity contribution in [2.45, 2.75) is 25.9 Å². The SMILES string of the molecule is Cc1[nH]ncc1N(C(C)CN)C1COC1. The molecule has 0 spiro atoms. The molecule has 84 valence electrons. The molecule has 5 heteroatoms. The van der Waals surface area contributed by atoms with Crippen LogP contribution in [0.2, 0.25) is 0 Å². The minimum absolute atomic E-state index is 0.315. The molecule has 2 rings (SSSR count). The van der Waals surface area contributed by atoms with Crippen molar-refractivity contribution >= 4 is 5.69 Å². The maximum Gasteiger partial charge on any atom is 0.0786 e. The van der Waals surface area contributed by atoms with Crippen LogP contribution in [0.1, 0.15) is 12.6 Å². The third kappa shape index (κ3) is 1.85. The Labute approximate surface area is 89.6 Å². The number of aromatic nitrogens is 2. The molecule has 1 aromatic heterocycles. The molecule has 0 aliphatic carbocycles. The van der Waals surface area contributed by atoms with Gasteiger partial charge in [-0.2, -0.15) is 5.10 Å². The van der Waals surface area contributed by atoms with Crippen LogP contribution in [0.4, 0.5) is 5.69 Å². The molecule has 0 bridgehead atoms. The van der Waals surface area contributed by atoms with E-state index in [0.717, 1.165) is 24.6 Å². The van der Waals surface area contributed by atoms with Gasteiger partial charge in [0.05, 0.1) is 36.8 Å². The largest absolute Gasteiger partial charge is 0.377 e. The minimum Gasteiger partial charge on any atom is -0.377 e. The lowest BCUT2D eigenvalue weighted by Crippen LogP contribution is -2.55. The van der Waals surface area contributed by atoms with Crippen LogP contribution in [0.15, 0.2) is 6.20 Å². The molecular weight excluding hydrogens is 192 g/mol. The molecular formula is C10H18N4O. The first kappa shape index (κ1) is 10.4. The maximum absolute atomic E-state index is 5.73. The molecule has 0 radical (unpaired) electrons. The van der Waals surface area contributed by atoms with Crippen molar-refractivity contribution in [1.82, 2.24) is 10.2 Å². The lowest BCUT2D eigenvalue weighted by atomic mass is 10.1. The van der Waals surface area contributed by atoms with Gasteiger partial charge < -0.3 is 15.4 Å². The van der Waals surface area contributed by atoms with Crippen LogP contribution in [0.25, 0.3) is 0 Å². The fourth-order valence-corrected chi connectivity index (χ4v) is 1.90. The average Bonchev–Trinajstić information content (AvgIpc) is 2.56. The first-order chi connectivity index (χ1) is 7.24. The van der Waals surface area contributed by atoms with Crippen molar-refractivity contribution in [2.24, 2.45) is 5.73 Å². The predicted molar refractivity (Wildman–Crippen MR) is 58.9 cm³/mol. The summed E-state index contributed by atoms with van der Waals surface area (Å²) in [4.78, 5) is 2.31. The summed E-state index contributed by atoms with van der Waals surface area (Å²) in [6.07, 6.45) is 1.86. The molecule has 0 saturated carbocycles. The van der Waals surface area contributed by atoms with Gasteiger partial charge in [0, 0.05) is 12.6 Å². The first-order valence-electron chi connectivity index (χ1n) is 5.30. The molecule has 1 fully saturated rings. The summed E-state index contributed by atoms with van der Waals surface area (Å²) < 4.78 is 5.24. The van der Waals surface area contributed by atoms with Crippen molar-refractivity contribution in [3.8, 4) is 0 Å². The zero-order valence-electron chi connectivity index (χ0n) is 9.23. The number of nitrogens with zero attached hydrogens (tertiary/aromatic N) is 2. The molecule has 15 heavy (non-hydrogen) atoms. The number of hydrogen-bond donors (Lipinski definition) is 2. The number of ether oxygens (including phenoxy) is 1. The van der Waals surface area contributed by atoms with Gasteiger partial charge in [0.15, 0.2) is 0 Å². The number of aromatic amines is 1. The Kier molecular flexibility index (Phi) is 2.93. The second-order valence-corrected chi connectivity index (χ2v) is 4.06. The van der Waals surface area contributed by atoms with Gasteiger partial charge >= 0.3 is 0 Å². The first-order valence-corrected chi connectivity index (χ1v) is 5.30. The quantitative estimate of drug-likeness (QED) is 0.748. The van der Waals surface area contributed by atoms with Crippen LogP contribution in [0.5, 0.6) is 0 Å². The molecule has 1 unspecified atom stereocenters. The fraction of sp³-hybridized carbons (Fsp3) is 0.700. The normalized spacial score (nSPS) is 18.6. The molecule has 0 aromatic carbocycles. The number of nitrogens with two attached hydrogens (primary N) is 1. The fourth-order valence-electron chi connectivity index (χ4n) is 1.90. The standard InChI is InChI=1S/C10H18N4O/c1-7(3-11)14(9-5-15-6-9)10-4-12-13-8(10)2/h4,7,9H,3,5-6,11H2,1-2H3,(H,12,13). The maximum atomic E-state index is 5.73. The zero-order chi connectivity index (χ0) is 10.8. The number of hydrogen-bond acceptors (Lipinski definition) is 4. The molecule has 3 N–H and O–H groups in total. The van der Waals surface area contributed by atoms with Crippen molar-refractivity contribution in [3.63, 3.8) is 0 Å². The van der Waals surface area contributed by atoms with Crippen molar-refractivity contribution in [2.75, 3.05) is 24.7 Å². The summed E-state index contributed by atoms with van der Waals surface area (Å²) in [5.74, 6) is 0. The summed E-state index contributed by atoms with van der Waals surface area (Å²) in [7, 11) is 0. The monoisotopic (exact) mass is 210 g/mol. The van der Waals surface area contributed by atoms with Gasteiger partial charge in [0.1, 0.15) is 0 Å². The molecule has 0 amide bonds. The van der Waals surface area contributed by atoms with Crippen LogP contribution in [0, 0.1) is 6.92 Å². The number of nitrogens with one attached hydrogen (secondary N) is 1. The number of H-pyrrole nitrogens is 1. The van der Waals surface area contributed by atoms with E-state index in [0.29, 0.717) is 18.6 Å². The highest BCUT2D eigenvalue weighted by molar-refractivity contribution is 5.51. The van der Waals surface area contributed by atoms with E-state index >= 15 is 0 Å². The van der Waals surface area contributed by atoms with Crippen LogP contribution in [0.3, 0.4) is 0 Å². The van der Waals surface area contributed by atoms with E-state index in [2.05, 4.69) is 22.0 Å². The molecule has 1 atom stereocenters. The van der Waals surface area contributed by atoms with Gasteiger partial charge in [-0.25, -0.2) is 0 Å². The van der Waals surface area contributed by atoms with E-state index < -0.39 is 0 Å². The summed E-state index contributed by atoms with van der Waals surface area (Å²) >= 11 is 0. The topological polar surface area (TPSA) is 67.2 Å². The smallest absolute Gasteiger partial charge is 0.0786 e. The Hall–Kier alpha value is -1.07. The Morgan fingerprint density at radius 3 is 2.87 bits per heavy atom. The molecule has 1 saturated heterocycles. The van der Waals surface area contributed by atoms with Gasteiger partial charge in [0.25, 0.3) is 0 Å². The third-order valence-electron chi connectivity index (χ3n) is 2.91. The number of rotatable bonds is 4. The van der Waals surface area contributed by atoms with Gasteiger partial charge in [-0.3, -0.25) is 5.10 Å². The summed E-state index contributed by atoms with van der Waals surface area (Å²) in [5.41, 5.74) is 7.96. The van der Waals surface area contributed by atoms with Crippen LogP contribution >= 0.6 is 0 Å². The van der Waals surface area contributed by atoms with Crippen molar-refractivity contribution in [1.29, 1.82) is 0 Å². The molecule has 5 nitrogen and oxygen atoms in total. The summed E-state index contributed by atoms with van der Waals surface area (Å²) in [6, 6.07) is 0.759. The second kappa shape index (κ2) is 4.20. The van der Waals surface area contributed by atoms with E-state index in [1.165, 1.54) is 0 Å². The number of anilines is 1. The van der Waals surface area contributed by atoms with Crippen molar-refractivity contribution < 1.29 is 4.74 Å². The van der Waals surface area contributed by atoms with Crippen LogP contribution < -0.4 is 10.6 Å². The molecule has 1 aromatic rings.